The molecule has 0 saturated heterocycles. The van der Waals surface area contributed by atoms with Crippen LogP contribution in [-0.2, 0) is 11.3 Å². The van der Waals surface area contributed by atoms with Crippen LogP contribution in [0.15, 0.2) is 18.2 Å². The summed E-state index contributed by atoms with van der Waals surface area (Å²) in [7, 11) is 1.55. The number of ether oxygens (including phenoxy) is 2. The van der Waals surface area contributed by atoms with Crippen molar-refractivity contribution in [2.45, 2.75) is 46.1 Å². The van der Waals surface area contributed by atoms with Crippen LogP contribution >= 0.6 is 0 Å². The molecule has 0 aliphatic heterocycles. The first-order chi connectivity index (χ1) is 9.69. The number of hydrogen-bond donors (Lipinski definition) is 2. The quantitative estimate of drug-likeness (QED) is 0.717. The van der Waals surface area contributed by atoms with Gasteiger partial charge in [0.25, 0.3) is 0 Å². The summed E-state index contributed by atoms with van der Waals surface area (Å²) in [5.41, 5.74) is 1.02. The number of aromatic hydroxyl groups is 1. The number of phenols is 1. The molecule has 0 aromatic heterocycles. The molecule has 4 nitrogen and oxygen atoms in total. The van der Waals surface area contributed by atoms with E-state index < -0.39 is 0 Å². The fraction of sp³-hybridized carbons (Fsp3) is 0.625. The van der Waals surface area contributed by atoms with E-state index in [2.05, 4.69) is 6.92 Å². The zero-order chi connectivity index (χ0) is 15.2. The van der Waals surface area contributed by atoms with Gasteiger partial charge in [0, 0.05) is 13.2 Å². The van der Waals surface area contributed by atoms with Crippen molar-refractivity contribution < 1.29 is 19.7 Å². The van der Waals surface area contributed by atoms with E-state index in [0.29, 0.717) is 12.4 Å². The Morgan fingerprint density at radius 1 is 1.10 bits per heavy atom. The van der Waals surface area contributed by atoms with Crippen molar-refractivity contribution in [2.24, 2.45) is 0 Å². The fourth-order valence-electron chi connectivity index (χ4n) is 1.63. The largest absolute Gasteiger partial charge is 0.504 e. The lowest BCUT2D eigenvalue weighted by Crippen LogP contribution is -1.96. The summed E-state index contributed by atoms with van der Waals surface area (Å²) < 4.78 is 10.6. The second-order valence-corrected chi connectivity index (χ2v) is 4.44. The van der Waals surface area contributed by atoms with Gasteiger partial charge in [0.15, 0.2) is 11.5 Å². The molecule has 2 N–H and O–H groups in total. The van der Waals surface area contributed by atoms with Crippen LogP contribution in [0.2, 0.25) is 0 Å². The number of phenolic OH excluding ortho intramolecular Hbond substituents is 1. The number of methoxy groups -OCH3 is 1. The smallest absolute Gasteiger partial charge is 0.160 e. The van der Waals surface area contributed by atoms with Crippen LogP contribution in [0.1, 0.15) is 45.1 Å². The number of rotatable bonds is 8. The molecule has 0 atom stereocenters. The molecule has 1 aromatic rings. The number of benzene rings is 1. The van der Waals surface area contributed by atoms with Crippen LogP contribution in [-0.4, -0.2) is 30.5 Å². The minimum Gasteiger partial charge on any atom is -0.504 e. The Kier molecular flexibility index (Phi) is 12.0. The predicted molar refractivity (Wildman–Crippen MR) is 81.2 cm³/mol. The van der Waals surface area contributed by atoms with E-state index >= 15 is 0 Å². The molecule has 1 rings (SSSR count). The average Bonchev–Trinajstić information content (AvgIpc) is 2.45. The van der Waals surface area contributed by atoms with Gasteiger partial charge in [-0.15, -0.1) is 0 Å². The first-order valence-corrected chi connectivity index (χ1v) is 7.24. The van der Waals surface area contributed by atoms with Crippen LogP contribution in [0.5, 0.6) is 11.5 Å². The van der Waals surface area contributed by atoms with E-state index in [0.717, 1.165) is 18.6 Å². The molecule has 0 aliphatic carbocycles. The Morgan fingerprint density at radius 2 is 1.80 bits per heavy atom. The summed E-state index contributed by atoms with van der Waals surface area (Å²) in [6, 6.07) is 5.29. The summed E-state index contributed by atoms with van der Waals surface area (Å²) in [6.07, 6.45) is 4.87. The number of aliphatic hydroxyl groups excluding tert-OH is 1. The van der Waals surface area contributed by atoms with Crippen LogP contribution in [0.4, 0.5) is 0 Å². The summed E-state index contributed by atoms with van der Waals surface area (Å²) in [4.78, 5) is 0. The third-order valence-corrected chi connectivity index (χ3v) is 2.66. The van der Waals surface area contributed by atoms with E-state index in [4.69, 9.17) is 14.6 Å². The van der Waals surface area contributed by atoms with Gasteiger partial charge in [-0.3, -0.25) is 0 Å². The summed E-state index contributed by atoms with van der Waals surface area (Å²) in [6.45, 7) is 5.50. The van der Waals surface area contributed by atoms with Gasteiger partial charge in [-0.05, 0) is 31.0 Å². The van der Waals surface area contributed by atoms with Gasteiger partial charge in [0.05, 0.1) is 13.7 Å². The third-order valence-electron chi connectivity index (χ3n) is 2.66. The molecule has 0 heterocycles. The van der Waals surface area contributed by atoms with Crippen LogP contribution < -0.4 is 4.74 Å². The van der Waals surface area contributed by atoms with Crippen LogP contribution in [0.3, 0.4) is 0 Å². The Labute approximate surface area is 122 Å². The summed E-state index contributed by atoms with van der Waals surface area (Å²) in [5.74, 6) is 0.663. The molecule has 4 heteroatoms. The Hall–Kier alpha value is -1.26. The second kappa shape index (κ2) is 12.8. The van der Waals surface area contributed by atoms with Crippen molar-refractivity contribution in [3.63, 3.8) is 0 Å². The molecule has 0 amide bonds. The average molecular weight is 284 g/mol. The maximum Gasteiger partial charge on any atom is 0.160 e. The Morgan fingerprint density at radius 3 is 2.40 bits per heavy atom. The highest BCUT2D eigenvalue weighted by molar-refractivity contribution is 5.41. The molecule has 116 valence electrons. The van der Waals surface area contributed by atoms with E-state index in [9.17, 15) is 5.11 Å². The number of hydrogen-bond acceptors (Lipinski definition) is 4. The van der Waals surface area contributed by atoms with E-state index in [-0.39, 0.29) is 12.4 Å². The third kappa shape index (κ3) is 8.77. The molecule has 0 saturated carbocycles. The molecular formula is C16H28O4. The van der Waals surface area contributed by atoms with Crippen molar-refractivity contribution in [3.8, 4) is 11.5 Å². The molecular weight excluding hydrogens is 256 g/mol. The summed E-state index contributed by atoms with van der Waals surface area (Å²) in [5, 5.41) is 17.0. The van der Waals surface area contributed by atoms with Crippen molar-refractivity contribution in [1.29, 1.82) is 0 Å². The zero-order valence-electron chi connectivity index (χ0n) is 12.9. The van der Waals surface area contributed by atoms with Gasteiger partial charge in [-0.2, -0.15) is 0 Å². The van der Waals surface area contributed by atoms with E-state index in [1.165, 1.54) is 19.3 Å². The molecule has 1 aromatic carbocycles. The van der Waals surface area contributed by atoms with E-state index in [1.807, 2.05) is 6.07 Å². The lowest BCUT2D eigenvalue weighted by molar-refractivity contribution is 0.116. The summed E-state index contributed by atoms with van der Waals surface area (Å²) >= 11 is 0. The van der Waals surface area contributed by atoms with E-state index in [1.54, 1.807) is 26.2 Å². The van der Waals surface area contributed by atoms with Crippen molar-refractivity contribution in [2.75, 3.05) is 20.3 Å². The highest BCUT2D eigenvalue weighted by Gasteiger charge is 2.02. The number of unbranched alkanes of at least 4 members (excludes halogenated alkanes) is 3. The lowest BCUT2D eigenvalue weighted by atomic mass is 10.2. The number of aliphatic hydroxyl groups is 1. The van der Waals surface area contributed by atoms with Crippen molar-refractivity contribution >= 4 is 0 Å². The Bertz CT molecular complexity index is 339. The first-order valence-electron chi connectivity index (χ1n) is 7.24. The van der Waals surface area contributed by atoms with Gasteiger partial charge in [-0.1, -0.05) is 32.3 Å². The fourth-order valence-corrected chi connectivity index (χ4v) is 1.63. The zero-order valence-corrected chi connectivity index (χ0v) is 12.9. The highest BCUT2D eigenvalue weighted by Crippen LogP contribution is 2.26. The maximum absolute atomic E-state index is 9.44. The normalized spacial score (nSPS) is 9.80. The SMILES string of the molecule is CCCCCCOCc1ccc(O)c(OC)c1.CCO. The molecule has 0 unspecified atom stereocenters. The minimum atomic E-state index is 0.166. The monoisotopic (exact) mass is 284 g/mol. The highest BCUT2D eigenvalue weighted by atomic mass is 16.5. The van der Waals surface area contributed by atoms with Crippen LogP contribution in [0, 0.1) is 0 Å². The lowest BCUT2D eigenvalue weighted by Gasteiger charge is -2.07. The molecule has 0 fully saturated rings. The Balaban J connectivity index is 0.00000110. The minimum absolute atomic E-state index is 0.166. The second-order valence-electron chi connectivity index (χ2n) is 4.44. The van der Waals surface area contributed by atoms with Gasteiger partial charge in [0.2, 0.25) is 0 Å². The molecule has 0 spiro atoms. The standard InChI is InChI=1S/C14H22O3.C2H6O/c1-3-4-5-6-9-17-11-12-7-8-13(15)14(10-12)16-2;1-2-3/h7-8,10,15H,3-6,9,11H2,1-2H3;3H,2H2,1H3. The van der Waals surface area contributed by atoms with Crippen LogP contribution in [0.25, 0.3) is 0 Å². The molecule has 20 heavy (non-hydrogen) atoms. The molecule has 0 radical (unpaired) electrons. The molecule has 0 aliphatic rings. The van der Waals surface area contributed by atoms with Crippen molar-refractivity contribution in [1.82, 2.24) is 0 Å². The predicted octanol–water partition coefficient (Wildman–Crippen LogP) is 3.50. The van der Waals surface area contributed by atoms with Gasteiger partial charge < -0.3 is 19.7 Å². The van der Waals surface area contributed by atoms with Gasteiger partial charge in [0.1, 0.15) is 0 Å². The maximum atomic E-state index is 9.44. The van der Waals surface area contributed by atoms with Crippen molar-refractivity contribution in [3.05, 3.63) is 23.8 Å². The first kappa shape index (κ1) is 18.7. The topological polar surface area (TPSA) is 58.9 Å². The van der Waals surface area contributed by atoms with Gasteiger partial charge in [-0.25, -0.2) is 0 Å². The van der Waals surface area contributed by atoms with Gasteiger partial charge >= 0.3 is 0 Å². The molecule has 0 bridgehead atoms.